The van der Waals surface area contributed by atoms with Gasteiger partial charge in [0, 0.05) is 6.42 Å². The highest BCUT2D eigenvalue weighted by molar-refractivity contribution is 5.95. The van der Waals surface area contributed by atoms with Crippen LogP contribution in [0.4, 0.5) is 0 Å². The van der Waals surface area contributed by atoms with Gasteiger partial charge in [-0.15, -0.1) is 0 Å². The molecular weight excluding hydrogens is 248 g/mol. The summed E-state index contributed by atoms with van der Waals surface area (Å²) in [5.74, 6) is 0.853. The molecule has 0 N–H and O–H groups in total. The first kappa shape index (κ1) is 13.4. The number of hydrogen-bond donors (Lipinski definition) is 0. The molecule has 19 heavy (non-hydrogen) atoms. The highest BCUT2D eigenvalue weighted by atomic mass is 16.7. The van der Waals surface area contributed by atoms with E-state index in [1.54, 1.807) is 6.92 Å². The van der Waals surface area contributed by atoms with Crippen LogP contribution in [-0.4, -0.2) is 25.2 Å². The van der Waals surface area contributed by atoms with Gasteiger partial charge in [-0.2, -0.15) is 0 Å². The summed E-state index contributed by atoms with van der Waals surface area (Å²) in [4.78, 5) is 22.7. The molecule has 0 atom stereocenters. The minimum atomic E-state index is -0.460. The van der Waals surface area contributed by atoms with Crippen LogP contribution in [0, 0.1) is 0 Å². The molecule has 1 aliphatic rings. The first-order chi connectivity index (χ1) is 9.19. The molecule has 0 spiro atoms. The van der Waals surface area contributed by atoms with Crippen molar-refractivity contribution in [1.29, 1.82) is 0 Å². The Kier molecular flexibility index (Phi) is 4.39. The van der Waals surface area contributed by atoms with Gasteiger partial charge in [0.05, 0.1) is 6.61 Å². The summed E-state index contributed by atoms with van der Waals surface area (Å²) < 4.78 is 15.2. The molecule has 102 valence electrons. The molecule has 0 bridgehead atoms. The van der Waals surface area contributed by atoms with Gasteiger partial charge in [0.2, 0.25) is 6.79 Å². The van der Waals surface area contributed by atoms with E-state index in [1.165, 1.54) is 0 Å². The predicted octanol–water partition coefficient (Wildman–Crippen LogP) is 1.87. The van der Waals surface area contributed by atoms with Crippen LogP contribution in [0.5, 0.6) is 11.5 Å². The Morgan fingerprint density at radius 1 is 1.26 bits per heavy atom. The van der Waals surface area contributed by atoms with E-state index >= 15 is 0 Å². The van der Waals surface area contributed by atoms with Crippen molar-refractivity contribution in [1.82, 2.24) is 0 Å². The molecule has 1 aliphatic heterocycles. The maximum absolute atomic E-state index is 11.6. The third kappa shape index (κ3) is 3.71. The van der Waals surface area contributed by atoms with Gasteiger partial charge in [0.15, 0.2) is 11.5 Å². The van der Waals surface area contributed by atoms with Gasteiger partial charge in [-0.05, 0) is 31.0 Å². The van der Waals surface area contributed by atoms with Crippen LogP contribution in [0.2, 0.25) is 0 Å². The van der Waals surface area contributed by atoms with Crippen molar-refractivity contribution < 1.29 is 23.8 Å². The molecule has 2 rings (SSSR count). The molecule has 0 aromatic heterocycles. The van der Waals surface area contributed by atoms with Gasteiger partial charge in [-0.25, -0.2) is 0 Å². The summed E-state index contributed by atoms with van der Waals surface area (Å²) in [5, 5.41) is 0. The molecule has 0 radical (unpaired) electrons. The van der Waals surface area contributed by atoms with Crippen LogP contribution in [0.25, 0.3) is 0 Å². The average Bonchev–Trinajstić information content (AvgIpc) is 2.83. The number of hydrogen-bond acceptors (Lipinski definition) is 5. The van der Waals surface area contributed by atoms with E-state index in [0.29, 0.717) is 25.2 Å². The number of esters is 1. The van der Waals surface area contributed by atoms with Crippen molar-refractivity contribution in [3.05, 3.63) is 23.8 Å². The number of Topliss-reactive ketones (excluding diaryl/α,β-unsaturated/α-hetero) is 1. The van der Waals surface area contributed by atoms with Gasteiger partial charge in [-0.1, -0.05) is 6.07 Å². The quantitative estimate of drug-likeness (QED) is 0.580. The number of rotatable bonds is 6. The van der Waals surface area contributed by atoms with E-state index in [4.69, 9.17) is 14.2 Å². The maximum Gasteiger partial charge on any atom is 0.313 e. The van der Waals surface area contributed by atoms with Crippen molar-refractivity contribution in [3.63, 3.8) is 0 Å². The standard InChI is InChI=1S/C14H16O5/c1-2-17-14(16)8-11(15)5-3-10-4-6-12-13(7-10)19-9-18-12/h4,6-7H,2-3,5,8-9H2,1H3. The molecule has 0 saturated carbocycles. The van der Waals surface area contributed by atoms with Crippen LogP contribution in [0.15, 0.2) is 18.2 Å². The summed E-state index contributed by atoms with van der Waals surface area (Å²) in [6, 6.07) is 5.58. The fourth-order valence-electron chi connectivity index (χ4n) is 1.84. The summed E-state index contributed by atoms with van der Waals surface area (Å²) in [5.41, 5.74) is 0.987. The van der Waals surface area contributed by atoms with Gasteiger partial charge in [0.1, 0.15) is 12.2 Å². The second kappa shape index (κ2) is 6.22. The van der Waals surface area contributed by atoms with E-state index in [1.807, 2.05) is 18.2 Å². The van der Waals surface area contributed by atoms with Gasteiger partial charge in [0.25, 0.3) is 0 Å². The zero-order chi connectivity index (χ0) is 13.7. The number of carbonyl (C=O) groups excluding carboxylic acids is 2. The smallest absolute Gasteiger partial charge is 0.313 e. The van der Waals surface area contributed by atoms with Crippen molar-refractivity contribution in [2.75, 3.05) is 13.4 Å². The number of fused-ring (bicyclic) bond motifs is 1. The number of benzene rings is 1. The fraction of sp³-hybridized carbons (Fsp3) is 0.429. The third-order valence-corrected chi connectivity index (χ3v) is 2.78. The molecule has 0 aliphatic carbocycles. The Balaban J connectivity index is 1.82. The zero-order valence-corrected chi connectivity index (χ0v) is 10.8. The molecule has 1 aromatic rings. The lowest BCUT2D eigenvalue weighted by atomic mass is 10.1. The lowest BCUT2D eigenvalue weighted by Gasteiger charge is -2.03. The predicted molar refractivity (Wildman–Crippen MR) is 67.1 cm³/mol. The number of aryl methyl sites for hydroxylation is 1. The van der Waals surface area contributed by atoms with Crippen LogP contribution in [-0.2, 0) is 20.7 Å². The normalized spacial score (nSPS) is 12.3. The molecule has 1 heterocycles. The number of ether oxygens (including phenoxy) is 3. The number of carbonyl (C=O) groups is 2. The first-order valence-electron chi connectivity index (χ1n) is 6.25. The topological polar surface area (TPSA) is 61.8 Å². The Bertz CT molecular complexity index is 481. The van der Waals surface area contributed by atoms with E-state index in [-0.39, 0.29) is 19.0 Å². The lowest BCUT2D eigenvalue weighted by molar-refractivity contribution is -0.145. The van der Waals surface area contributed by atoms with E-state index in [0.717, 1.165) is 11.3 Å². The van der Waals surface area contributed by atoms with Gasteiger partial charge >= 0.3 is 5.97 Å². The molecule has 0 amide bonds. The Morgan fingerprint density at radius 2 is 2.05 bits per heavy atom. The van der Waals surface area contributed by atoms with Crippen LogP contribution < -0.4 is 9.47 Å². The molecular formula is C14H16O5. The zero-order valence-electron chi connectivity index (χ0n) is 10.8. The van der Waals surface area contributed by atoms with Crippen molar-refractivity contribution in [3.8, 4) is 11.5 Å². The van der Waals surface area contributed by atoms with Gasteiger partial charge < -0.3 is 14.2 Å². The van der Waals surface area contributed by atoms with Crippen LogP contribution >= 0.6 is 0 Å². The van der Waals surface area contributed by atoms with E-state index < -0.39 is 5.97 Å². The lowest BCUT2D eigenvalue weighted by Crippen LogP contribution is -2.11. The van der Waals surface area contributed by atoms with Crippen molar-refractivity contribution >= 4 is 11.8 Å². The van der Waals surface area contributed by atoms with Gasteiger partial charge in [-0.3, -0.25) is 9.59 Å². The van der Waals surface area contributed by atoms with Crippen LogP contribution in [0.3, 0.4) is 0 Å². The minimum Gasteiger partial charge on any atom is -0.466 e. The summed E-state index contributed by atoms with van der Waals surface area (Å²) in [6.45, 7) is 2.25. The molecule has 1 aromatic carbocycles. The molecule has 0 fully saturated rings. The molecule has 0 unspecified atom stereocenters. The van der Waals surface area contributed by atoms with E-state index in [2.05, 4.69) is 0 Å². The number of ketones is 1. The molecule has 5 heteroatoms. The minimum absolute atomic E-state index is 0.115. The monoisotopic (exact) mass is 264 g/mol. The van der Waals surface area contributed by atoms with E-state index in [9.17, 15) is 9.59 Å². The Labute approximate surface area is 111 Å². The van der Waals surface area contributed by atoms with Crippen LogP contribution in [0.1, 0.15) is 25.3 Å². The summed E-state index contributed by atoms with van der Waals surface area (Å²) >= 11 is 0. The first-order valence-corrected chi connectivity index (χ1v) is 6.25. The second-order valence-corrected chi connectivity index (χ2v) is 4.21. The summed E-state index contributed by atoms with van der Waals surface area (Å²) in [6.07, 6.45) is 0.742. The van der Waals surface area contributed by atoms with Crippen molar-refractivity contribution in [2.45, 2.75) is 26.2 Å². The average molecular weight is 264 g/mol. The SMILES string of the molecule is CCOC(=O)CC(=O)CCc1ccc2c(c1)OCO2. The Hall–Kier alpha value is -2.04. The second-order valence-electron chi connectivity index (χ2n) is 4.21. The van der Waals surface area contributed by atoms with Crippen molar-refractivity contribution in [2.24, 2.45) is 0 Å². The maximum atomic E-state index is 11.6. The summed E-state index contributed by atoms with van der Waals surface area (Å²) in [7, 11) is 0. The third-order valence-electron chi connectivity index (χ3n) is 2.78. The Morgan fingerprint density at radius 3 is 2.84 bits per heavy atom. The largest absolute Gasteiger partial charge is 0.466 e. The molecule has 5 nitrogen and oxygen atoms in total. The fourth-order valence-corrected chi connectivity index (χ4v) is 1.84. The molecule has 0 saturated heterocycles. The highest BCUT2D eigenvalue weighted by Gasteiger charge is 2.14. The highest BCUT2D eigenvalue weighted by Crippen LogP contribution is 2.32.